The van der Waals surface area contributed by atoms with Crippen molar-refractivity contribution < 1.29 is 9.45 Å². The first-order valence-corrected chi connectivity index (χ1v) is 7.03. The lowest BCUT2D eigenvalue weighted by molar-refractivity contribution is -0.386. The number of benzene rings is 1. The Morgan fingerprint density at radius 1 is 1.22 bits per heavy atom. The summed E-state index contributed by atoms with van der Waals surface area (Å²) in [4.78, 5) is 14.9. The van der Waals surface area contributed by atoms with Crippen LogP contribution in [0.15, 0.2) is 28.8 Å². The van der Waals surface area contributed by atoms with E-state index >= 15 is 0 Å². The van der Waals surface area contributed by atoms with Gasteiger partial charge in [0.15, 0.2) is 5.82 Å². The monoisotopic (exact) mass is 313 g/mol. The summed E-state index contributed by atoms with van der Waals surface area (Å²) >= 11 is 0. The fourth-order valence-corrected chi connectivity index (χ4v) is 2.37. The molecule has 8 heteroatoms. The maximum atomic E-state index is 11.0. The lowest BCUT2D eigenvalue weighted by atomic mass is 10.1. The van der Waals surface area contributed by atoms with E-state index in [0.29, 0.717) is 23.1 Å². The molecule has 0 aliphatic heterocycles. The molecule has 0 bridgehead atoms. The van der Waals surface area contributed by atoms with Crippen molar-refractivity contribution in [3.05, 3.63) is 57.2 Å². The summed E-state index contributed by atoms with van der Waals surface area (Å²) in [6.45, 7) is 5.48. The zero-order chi connectivity index (χ0) is 16.6. The highest BCUT2D eigenvalue weighted by atomic mass is 16.6. The van der Waals surface area contributed by atoms with Crippen molar-refractivity contribution in [2.75, 3.05) is 0 Å². The Morgan fingerprint density at radius 2 is 1.91 bits per heavy atom. The molecule has 0 radical (unpaired) electrons. The Hall–Kier alpha value is -3.03. The van der Waals surface area contributed by atoms with Crippen LogP contribution in [-0.4, -0.2) is 24.8 Å². The first kappa shape index (κ1) is 14.9. The van der Waals surface area contributed by atoms with Gasteiger partial charge in [-0.1, -0.05) is 22.9 Å². The summed E-state index contributed by atoms with van der Waals surface area (Å²) in [6, 6.07) is 7.73. The maximum Gasteiger partial charge on any atom is 0.312 e. The van der Waals surface area contributed by atoms with Crippen LogP contribution in [0.3, 0.4) is 0 Å². The standard InChI is InChI=1S/C15H15N5O3/c1-9-4-6-12(7-5-9)15-16-13(18-23-15)8-19-11(3)14(20(21)22)10(2)17-19/h4-7H,8H2,1-3H3. The fraction of sp³-hybridized carbons (Fsp3) is 0.267. The molecule has 3 aromatic rings. The third-order valence-corrected chi connectivity index (χ3v) is 3.58. The second-order valence-electron chi connectivity index (χ2n) is 5.32. The van der Waals surface area contributed by atoms with Gasteiger partial charge in [0.25, 0.3) is 5.89 Å². The minimum absolute atomic E-state index is 0.0206. The number of rotatable bonds is 4. The summed E-state index contributed by atoms with van der Waals surface area (Å²) in [5.41, 5.74) is 2.83. The first-order chi connectivity index (χ1) is 11.0. The van der Waals surface area contributed by atoms with E-state index in [9.17, 15) is 10.1 Å². The lowest BCUT2D eigenvalue weighted by Gasteiger charge is -1.98. The second kappa shape index (κ2) is 5.64. The second-order valence-corrected chi connectivity index (χ2v) is 5.32. The Bertz CT molecular complexity index is 864. The van der Waals surface area contributed by atoms with Crippen LogP contribution < -0.4 is 0 Å². The van der Waals surface area contributed by atoms with Crippen molar-refractivity contribution in [2.45, 2.75) is 27.3 Å². The first-order valence-electron chi connectivity index (χ1n) is 7.03. The van der Waals surface area contributed by atoms with Crippen molar-refractivity contribution >= 4 is 5.69 Å². The Morgan fingerprint density at radius 3 is 2.52 bits per heavy atom. The van der Waals surface area contributed by atoms with E-state index in [-0.39, 0.29) is 12.2 Å². The zero-order valence-electron chi connectivity index (χ0n) is 13.0. The SMILES string of the molecule is Cc1ccc(-c2nc(Cn3nc(C)c([N+](=O)[O-])c3C)no2)cc1. The van der Waals surface area contributed by atoms with Crippen LogP contribution in [0, 0.1) is 30.9 Å². The molecule has 0 aliphatic carbocycles. The predicted octanol–water partition coefficient (Wildman–Crippen LogP) is 2.81. The zero-order valence-corrected chi connectivity index (χ0v) is 13.0. The molecule has 1 aromatic carbocycles. The molecule has 2 heterocycles. The highest BCUT2D eigenvalue weighted by Crippen LogP contribution is 2.23. The number of nitro groups is 1. The van der Waals surface area contributed by atoms with Crippen LogP contribution in [0.25, 0.3) is 11.5 Å². The summed E-state index contributed by atoms with van der Waals surface area (Å²) in [7, 11) is 0. The van der Waals surface area contributed by atoms with Gasteiger partial charge in [-0.05, 0) is 32.9 Å². The predicted molar refractivity (Wildman–Crippen MR) is 81.9 cm³/mol. The van der Waals surface area contributed by atoms with E-state index in [0.717, 1.165) is 11.1 Å². The third kappa shape index (κ3) is 2.83. The molecule has 0 spiro atoms. The van der Waals surface area contributed by atoms with Crippen LogP contribution in [0.1, 0.15) is 22.8 Å². The average molecular weight is 313 g/mol. The average Bonchev–Trinajstić information content (AvgIpc) is 3.05. The lowest BCUT2D eigenvalue weighted by Crippen LogP contribution is -2.05. The quantitative estimate of drug-likeness (QED) is 0.542. The molecule has 0 saturated carbocycles. The smallest absolute Gasteiger partial charge is 0.312 e. The highest BCUT2D eigenvalue weighted by Gasteiger charge is 2.22. The van der Waals surface area contributed by atoms with Crippen LogP contribution in [0.2, 0.25) is 0 Å². The number of nitrogens with zero attached hydrogens (tertiary/aromatic N) is 5. The van der Waals surface area contributed by atoms with Crippen LogP contribution in [0.4, 0.5) is 5.69 Å². The van der Waals surface area contributed by atoms with Crippen molar-refractivity contribution in [1.82, 2.24) is 19.9 Å². The Kier molecular flexibility index (Phi) is 3.65. The van der Waals surface area contributed by atoms with E-state index in [1.165, 1.54) is 4.68 Å². The fourth-order valence-electron chi connectivity index (χ4n) is 2.37. The van der Waals surface area contributed by atoms with Gasteiger partial charge in [-0.25, -0.2) is 0 Å². The molecule has 0 amide bonds. The molecule has 8 nitrogen and oxygen atoms in total. The van der Waals surface area contributed by atoms with E-state index in [1.54, 1.807) is 13.8 Å². The van der Waals surface area contributed by atoms with Gasteiger partial charge in [0, 0.05) is 5.56 Å². The minimum atomic E-state index is -0.428. The van der Waals surface area contributed by atoms with Gasteiger partial charge >= 0.3 is 5.69 Å². The summed E-state index contributed by atoms with van der Waals surface area (Å²) in [6.07, 6.45) is 0. The van der Waals surface area contributed by atoms with Gasteiger partial charge in [-0.15, -0.1) is 0 Å². The number of hydrogen-bond donors (Lipinski definition) is 0. The van der Waals surface area contributed by atoms with Gasteiger partial charge in [0.1, 0.15) is 17.9 Å². The highest BCUT2D eigenvalue weighted by molar-refractivity contribution is 5.53. The normalized spacial score (nSPS) is 10.9. The molecule has 0 saturated heterocycles. The van der Waals surface area contributed by atoms with Gasteiger partial charge in [0.05, 0.1) is 4.92 Å². The molecule has 2 aromatic heterocycles. The van der Waals surface area contributed by atoms with E-state index in [1.807, 2.05) is 31.2 Å². The van der Waals surface area contributed by atoms with Gasteiger partial charge in [-0.3, -0.25) is 14.8 Å². The number of aromatic nitrogens is 4. The summed E-state index contributed by atoms with van der Waals surface area (Å²) in [5, 5.41) is 19.1. The van der Waals surface area contributed by atoms with Crippen LogP contribution in [-0.2, 0) is 6.54 Å². The number of aryl methyl sites for hydroxylation is 2. The molecule has 0 unspecified atom stereocenters. The summed E-state index contributed by atoms with van der Waals surface area (Å²) in [5.74, 6) is 0.831. The summed E-state index contributed by atoms with van der Waals surface area (Å²) < 4.78 is 6.76. The molecule has 0 fully saturated rings. The third-order valence-electron chi connectivity index (χ3n) is 3.58. The molecule has 0 N–H and O–H groups in total. The molecule has 0 aliphatic rings. The van der Waals surface area contributed by atoms with Crippen molar-refractivity contribution in [3.8, 4) is 11.5 Å². The number of hydrogen-bond acceptors (Lipinski definition) is 6. The van der Waals surface area contributed by atoms with Crippen LogP contribution >= 0.6 is 0 Å². The van der Waals surface area contributed by atoms with Crippen LogP contribution in [0.5, 0.6) is 0 Å². The largest absolute Gasteiger partial charge is 0.334 e. The van der Waals surface area contributed by atoms with E-state index in [2.05, 4.69) is 15.2 Å². The molecular weight excluding hydrogens is 298 g/mol. The van der Waals surface area contributed by atoms with Gasteiger partial charge in [-0.2, -0.15) is 10.1 Å². The maximum absolute atomic E-state index is 11.0. The molecule has 23 heavy (non-hydrogen) atoms. The van der Waals surface area contributed by atoms with Crippen molar-refractivity contribution in [2.24, 2.45) is 0 Å². The van der Waals surface area contributed by atoms with Crippen molar-refractivity contribution in [1.29, 1.82) is 0 Å². The molecule has 3 rings (SSSR count). The van der Waals surface area contributed by atoms with Crippen molar-refractivity contribution in [3.63, 3.8) is 0 Å². The minimum Gasteiger partial charge on any atom is -0.334 e. The van der Waals surface area contributed by atoms with E-state index < -0.39 is 4.92 Å². The molecular formula is C15H15N5O3. The molecule has 118 valence electrons. The molecule has 0 atom stereocenters. The Labute approximate surface area is 131 Å². The topological polar surface area (TPSA) is 99.9 Å². The van der Waals surface area contributed by atoms with Gasteiger partial charge < -0.3 is 4.52 Å². The Balaban J connectivity index is 1.86. The van der Waals surface area contributed by atoms with E-state index in [4.69, 9.17) is 4.52 Å². The van der Waals surface area contributed by atoms with Gasteiger partial charge in [0.2, 0.25) is 0 Å².